The normalized spacial score (nSPS) is 21.5. The molecular formula is C19H27NO4S. The average Bonchev–Trinajstić information content (AvgIpc) is 2.97. The van der Waals surface area contributed by atoms with Gasteiger partial charge in [-0.2, -0.15) is 0 Å². The quantitative estimate of drug-likeness (QED) is 0.767. The van der Waals surface area contributed by atoms with Crippen LogP contribution in [0.1, 0.15) is 32.3 Å². The molecule has 1 saturated heterocycles. The van der Waals surface area contributed by atoms with Crippen LogP contribution >= 0.6 is 11.8 Å². The Labute approximate surface area is 153 Å². The number of thioether (sulfide) groups is 1. The fourth-order valence-corrected chi connectivity index (χ4v) is 4.41. The van der Waals surface area contributed by atoms with E-state index in [2.05, 4.69) is 12.1 Å². The van der Waals surface area contributed by atoms with Gasteiger partial charge in [-0.05, 0) is 17.9 Å². The van der Waals surface area contributed by atoms with Gasteiger partial charge in [0, 0.05) is 25.4 Å². The van der Waals surface area contributed by atoms with Crippen molar-refractivity contribution < 1.29 is 19.4 Å². The summed E-state index contributed by atoms with van der Waals surface area (Å²) in [6.07, 6.45) is 0.475. The molecule has 0 spiro atoms. The summed E-state index contributed by atoms with van der Waals surface area (Å²) >= 11 is 1.63. The summed E-state index contributed by atoms with van der Waals surface area (Å²) < 4.78 is 5.38. The molecule has 0 saturated carbocycles. The summed E-state index contributed by atoms with van der Waals surface area (Å²) in [5.41, 5.74) is 1.18. The zero-order valence-corrected chi connectivity index (χ0v) is 15.9. The summed E-state index contributed by atoms with van der Waals surface area (Å²) in [5.74, 6) is 0.0909. The van der Waals surface area contributed by atoms with Crippen LogP contribution in [0.25, 0.3) is 0 Å². The summed E-state index contributed by atoms with van der Waals surface area (Å²) in [6, 6.07) is 9.79. The minimum atomic E-state index is -0.877. The maximum atomic E-state index is 13.1. The van der Waals surface area contributed by atoms with E-state index >= 15 is 0 Å². The van der Waals surface area contributed by atoms with Gasteiger partial charge in [0.1, 0.15) is 0 Å². The number of aliphatic carboxylic acids is 1. The lowest BCUT2D eigenvalue weighted by atomic mass is 10.1. The van der Waals surface area contributed by atoms with Crippen LogP contribution in [0.5, 0.6) is 0 Å². The molecule has 3 unspecified atom stereocenters. The molecule has 25 heavy (non-hydrogen) atoms. The highest BCUT2D eigenvalue weighted by molar-refractivity contribution is 7.99. The first-order chi connectivity index (χ1) is 11.9. The third kappa shape index (κ3) is 5.47. The molecule has 0 aliphatic carbocycles. The Balaban J connectivity index is 2.07. The van der Waals surface area contributed by atoms with Gasteiger partial charge in [0.2, 0.25) is 5.91 Å². The van der Waals surface area contributed by atoms with Crippen LogP contribution in [-0.4, -0.2) is 52.9 Å². The van der Waals surface area contributed by atoms with Crippen molar-refractivity contribution in [2.24, 2.45) is 5.92 Å². The number of rotatable bonds is 8. The van der Waals surface area contributed by atoms with Crippen molar-refractivity contribution in [3.63, 3.8) is 0 Å². The molecule has 1 aliphatic heterocycles. The number of amides is 1. The average molecular weight is 365 g/mol. The Morgan fingerprint density at radius 1 is 1.32 bits per heavy atom. The first kappa shape index (κ1) is 19.8. The maximum absolute atomic E-state index is 13.1. The van der Waals surface area contributed by atoms with Crippen molar-refractivity contribution in [2.75, 3.05) is 13.7 Å². The fraction of sp³-hybridized carbons (Fsp3) is 0.579. The van der Waals surface area contributed by atoms with Crippen LogP contribution in [0, 0.1) is 5.92 Å². The summed E-state index contributed by atoms with van der Waals surface area (Å²) in [7, 11) is 1.61. The SMILES string of the molecule is COC1CC(CC(=O)O)N(C(=O)C(SCc2ccccc2)C(C)C)C1. The van der Waals surface area contributed by atoms with E-state index < -0.39 is 5.97 Å². The van der Waals surface area contributed by atoms with Gasteiger partial charge in [-0.15, -0.1) is 11.8 Å². The number of carboxylic acids is 1. The molecular weight excluding hydrogens is 338 g/mol. The van der Waals surface area contributed by atoms with Gasteiger partial charge in [0.05, 0.1) is 17.8 Å². The van der Waals surface area contributed by atoms with E-state index in [0.29, 0.717) is 13.0 Å². The number of likely N-dealkylation sites (tertiary alicyclic amines) is 1. The molecule has 1 N–H and O–H groups in total. The molecule has 6 heteroatoms. The molecule has 138 valence electrons. The number of hydrogen-bond acceptors (Lipinski definition) is 4. The van der Waals surface area contributed by atoms with Crippen molar-refractivity contribution in [3.05, 3.63) is 35.9 Å². The molecule has 3 atom stereocenters. The summed E-state index contributed by atoms with van der Waals surface area (Å²) in [5, 5.41) is 8.96. The van der Waals surface area contributed by atoms with E-state index in [1.54, 1.807) is 23.8 Å². The van der Waals surface area contributed by atoms with Crippen LogP contribution in [0.15, 0.2) is 30.3 Å². The monoisotopic (exact) mass is 365 g/mol. The number of ether oxygens (including phenoxy) is 1. The van der Waals surface area contributed by atoms with Crippen molar-refractivity contribution in [1.29, 1.82) is 0 Å². The number of carboxylic acid groups (broad SMARTS) is 1. The molecule has 0 bridgehead atoms. The Hall–Kier alpha value is -1.53. The Kier molecular flexibility index (Phi) is 7.32. The van der Waals surface area contributed by atoms with Gasteiger partial charge in [-0.1, -0.05) is 44.2 Å². The van der Waals surface area contributed by atoms with Crippen LogP contribution in [0.3, 0.4) is 0 Å². The summed E-state index contributed by atoms with van der Waals surface area (Å²) in [6.45, 7) is 4.55. The van der Waals surface area contributed by atoms with Crippen molar-refractivity contribution in [1.82, 2.24) is 4.90 Å². The Morgan fingerprint density at radius 2 is 2.00 bits per heavy atom. The van der Waals surface area contributed by atoms with E-state index in [4.69, 9.17) is 9.84 Å². The van der Waals surface area contributed by atoms with Crippen LogP contribution in [-0.2, 0) is 20.1 Å². The number of methoxy groups -OCH3 is 1. The van der Waals surface area contributed by atoms with Gasteiger partial charge in [-0.3, -0.25) is 9.59 Å². The van der Waals surface area contributed by atoms with Gasteiger partial charge in [0.25, 0.3) is 0 Å². The predicted octanol–water partition coefficient (Wildman–Crippen LogP) is 3.04. The van der Waals surface area contributed by atoms with E-state index in [-0.39, 0.29) is 35.6 Å². The highest BCUT2D eigenvalue weighted by Gasteiger charge is 2.39. The standard InChI is InChI=1S/C19H27NO4S/c1-13(2)18(25-12-14-7-5-4-6-8-14)19(23)20-11-16(24-3)9-15(20)10-17(21)22/h4-8,13,15-16,18H,9-12H2,1-3H3,(H,21,22). The van der Waals surface area contributed by atoms with Crippen LogP contribution < -0.4 is 0 Å². The van der Waals surface area contributed by atoms with Crippen molar-refractivity contribution in [3.8, 4) is 0 Å². The maximum Gasteiger partial charge on any atom is 0.305 e. The first-order valence-corrected chi connectivity index (χ1v) is 9.67. The van der Waals surface area contributed by atoms with Gasteiger partial charge < -0.3 is 14.7 Å². The second-order valence-corrected chi connectivity index (χ2v) is 7.93. The lowest BCUT2D eigenvalue weighted by molar-refractivity contribution is -0.139. The molecule has 1 amide bonds. The molecule has 0 aromatic heterocycles. The summed E-state index contributed by atoms with van der Waals surface area (Å²) in [4.78, 5) is 26.0. The number of nitrogens with zero attached hydrogens (tertiary/aromatic N) is 1. The number of carbonyl (C=O) groups is 2. The molecule has 1 aromatic rings. The van der Waals surface area contributed by atoms with Crippen molar-refractivity contribution >= 4 is 23.6 Å². The molecule has 5 nitrogen and oxygen atoms in total. The molecule has 2 rings (SSSR count). The highest BCUT2D eigenvalue weighted by atomic mass is 32.2. The van der Waals surface area contributed by atoms with E-state index in [9.17, 15) is 9.59 Å². The highest BCUT2D eigenvalue weighted by Crippen LogP contribution is 2.30. The van der Waals surface area contributed by atoms with Gasteiger partial charge in [-0.25, -0.2) is 0 Å². The minimum Gasteiger partial charge on any atom is -0.481 e. The van der Waals surface area contributed by atoms with E-state index in [0.717, 1.165) is 5.75 Å². The predicted molar refractivity (Wildman–Crippen MR) is 99.5 cm³/mol. The molecule has 0 radical (unpaired) electrons. The molecule has 1 aromatic carbocycles. The number of carbonyl (C=O) groups excluding carboxylic acids is 1. The lowest BCUT2D eigenvalue weighted by Crippen LogP contribution is -2.44. The molecule has 1 aliphatic rings. The smallest absolute Gasteiger partial charge is 0.305 e. The third-order valence-electron chi connectivity index (χ3n) is 4.52. The third-order valence-corrected chi connectivity index (χ3v) is 6.13. The zero-order valence-electron chi connectivity index (χ0n) is 15.1. The van der Waals surface area contributed by atoms with E-state index in [1.165, 1.54) is 5.56 Å². The topological polar surface area (TPSA) is 66.8 Å². The van der Waals surface area contributed by atoms with Crippen molar-refractivity contribution in [2.45, 2.75) is 49.8 Å². The minimum absolute atomic E-state index is 0.0280. The molecule has 1 fully saturated rings. The van der Waals surface area contributed by atoms with E-state index in [1.807, 2.05) is 32.0 Å². The fourth-order valence-electron chi connectivity index (χ4n) is 3.18. The molecule has 1 heterocycles. The van der Waals surface area contributed by atoms with Crippen LogP contribution in [0.4, 0.5) is 0 Å². The Morgan fingerprint density at radius 3 is 2.56 bits per heavy atom. The van der Waals surface area contributed by atoms with Gasteiger partial charge >= 0.3 is 5.97 Å². The number of benzene rings is 1. The first-order valence-electron chi connectivity index (χ1n) is 8.63. The van der Waals surface area contributed by atoms with Gasteiger partial charge in [0.15, 0.2) is 0 Å². The second-order valence-electron chi connectivity index (χ2n) is 6.80. The largest absolute Gasteiger partial charge is 0.481 e. The lowest BCUT2D eigenvalue weighted by Gasteiger charge is -2.29. The second kappa shape index (κ2) is 9.25. The zero-order chi connectivity index (χ0) is 18.4. The number of hydrogen-bond donors (Lipinski definition) is 1. The Bertz CT molecular complexity index is 578. The van der Waals surface area contributed by atoms with Crippen LogP contribution in [0.2, 0.25) is 0 Å².